The molecule has 0 amide bonds. The minimum Gasteiger partial charge on any atom is -0.333 e. The molecule has 1 aromatic heterocycles. The molecule has 0 fully saturated rings. The van der Waals surface area contributed by atoms with Crippen molar-refractivity contribution < 1.29 is 0 Å². The first-order chi connectivity index (χ1) is 24.0. The van der Waals surface area contributed by atoms with Crippen LogP contribution >= 0.6 is 0 Å². The van der Waals surface area contributed by atoms with Crippen LogP contribution in [0, 0.1) is 5.92 Å². The number of anilines is 3. The van der Waals surface area contributed by atoms with Gasteiger partial charge in [0.1, 0.15) is 0 Å². The van der Waals surface area contributed by atoms with Gasteiger partial charge in [-0.15, -0.1) is 0 Å². The van der Waals surface area contributed by atoms with Gasteiger partial charge in [0.2, 0.25) is 0 Å². The van der Waals surface area contributed by atoms with E-state index in [0.717, 1.165) is 11.4 Å². The maximum absolute atomic E-state index is 2.53. The van der Waals surface area contributed by atoms with Crippen LogP contribution in [0.1, 0.15) is 43.9 Å². The zero-order chi connectivity index (χ0) is 33.1. The molecule has 3 unspecified atom stereocenters. The van der Waals surface area contributed by atoms with E-state index in [9.17, 15) is 0 Å². The second-order valence-corrected chi connectivity index (χ2v) is 14.2. The molecule has 49 heavy (non-hydrogen) atoms. The Labute approximate surface area is 289 Å². The van der Waals surface area contributed by atoms with Crippen molar-refractivity contribution in [1.82, 2.24) is 4.57 Å². The zero-order valence-corrected chi connectivity index (χ0v) is 28.3. The van der Waals surface area contributed by atoms with Crippen molar-refractivity contribution in [3.63, 3.8) is 0 Å². The second kappa shape index (κ2) is 11.5. The summed E-state index contributed by atoms with van der Waals surface area (Å²) < 4.78 is 2.53. The van der Waals surface area contributed by atoms with E-state index in [1.165, 1.54) is 55.3 Å². The van der Waals surface area contributed by atoms with Crippen molar-refractivity contribution in [3.8, 4) is 11.1 Å². The standard InChI is InChI=1S/C47H40N2/c1-32-13-7-11-19-44(32)49-45-20-12-10-18-41(45)42-30-34(23-28-46(42)49)33-21-24-38(25-22-33)48(37-16-5-4-6-17-37)39-26-27-40-35-14-8-9-15-36(29-35)47(2,3)43(40)31-39/h4-32,35,44H,1-3H3. The summed E-state index contributed by atoms with van der Waals surface area (Å²) in [7, 11) is 0. The number of aromatic nitrogens is 1. The highest BCUT2D eigenvalue weighted by Crippen LogP contribution is 2.47. The topological polar surface area (TPSA) is 8.17 Å². The minimum atomic E-state index is -0.0830. The molecule has 3 aliphatic carbocycles. The fourth-order valence-corrected chi connectivity index (χ4v) is 8.29. The third-order valence-electron chi connectivity index (χ3n) is 11.0. The molecule has 5 aromatic carbocycles. The van der Waals surface area contributed by atoms with Crippen LogP contribution in [0.15, 0.2) is 176 Å². The lowest BCUT2D eigenvalue weighted by Crippen LogP contribution is -2.26. The number of hydrogen-bond acceptors (Lipinski definition) is 1. The zero-order valence-electron chi connectivity index (χ0n) is 28.3. The number of para-hydroxylation sites is 2. The largest absolute Gasteiger partial charge is 0.333 e. The number of hydrogen-bond donors (Lipinski definition) is 0. The molecule has 3 atom stereocenters. The van der Waals surface area contributed by atoms with E-state index in [1.807, 2.05) is 0 Å². The summed E-state index contributed by atoms with van der Waals surface area (Å²) in [4.78, 5) is 2.39. The Morgan fingerprint density at radius 3 is 2.12 bits per heavy atom. The van der Waals surface area contributed by atoms with Crippen molar-refractivity contribution in [2.75, 3.05) is 4.90 Å². The average Bonchev–Trinajstić information content (AvgIpc) is 3.27. The minimum absolute atomic E-state index is 0.0830. The molecule has 0 saturated carbocycles. The van der Waals surface area contributed by atoms with Crippen molar-refractivity contribution in [2.45, 2.75) is 38.1 Å². The van der Waals surface area contributed by atoms with Crippen LogP contribution in [0.5, 0.6) is 0 Å². The summed E-state index contributed by atoms with van der Waals surface area (Å²) in [5.41, 5.74) is 12.6. The molecule has 9 rings (SSSR count). The lowest BCUT2D eigenvalue weighted by Gasteiger charge is -2.37. The quantitative estimate of drug-likeness (QED) is 0.184. The van der Waals surface area contributed by atoms with Gasteiger partial charge in [0.05, 0.1) is 6.04 Å². The van der Waals surface area contributed by atoms with Crippen LogP contribution in [-0.2, 0) is 5.41 Å². The Kier molecular flexibility index (Phi) is 6.95. The molecule has 6 aromatic rings. The molecule has 3 aliphatic rings. The molecule has 2 bridgehead atoms. The summed E-state index contributed by atoms with van der Waals surface area (Å²) >= 11 is 0. The van der Waals surface area contributed by atoms with E-state index in [4.69, 9.17) is 0 Å². The summed E-state index contributed by atoms with van der Waals surface area (Å²) in [6, 6.07) is 43.0. The number of fused-ring (bicyclic) bond motifs is 6. The first-order valence-electron chi connectivity index (χ1n) is 17.5. The van der Waals surface area contributed by atoms with Gasteiger partial charge < -0.3 is 9.47 Å². The van der Waals surface area contributed by atoms with E-state index >= 15 is 0 Å². The summed E-state index contributed by atoms with van der Waals surface area (Å²) in [5.74, 6) is 0.733. The van der Waals surface area contributed by atoms with Crippen molar-refractivity contribution in [3.05, 3.63) is 187 Å². The molecular formula is C47H40N2. The first-order valence-corrected chi connectivity index (χ1v) is 17.5. The number of nitrogens with zero attached hydrogens (tertiary/aromatic N) is 2. The van der Waals surface area contributed by atoms with Gasteiger partial charge in [-0.25, -0.2) is 0 Å². The van der Waals surface area contributed by atoms with Gasteiger partial charge in [0.15, 0.2) is 0 Å². The fourth-order valence-electron chi connectivity index (χ4n) is 8.29. The predicted molar refractivity (Wildman–Crippen MR) is 208 cm³/mol. The molecular weight excluding hydrogens is 593 g/mol. The first kappa shape index (κ1) is 29.5. The van der Waals surface area contributed by atoms with E-state index in [2.05, 4.69) is 200 Å². The SMILES string of the molecule is CC1C=CC=CC1n1c2ccccc2c2cc(-c3ccc(N(c4ccccc4)c4ccc5c(c4)C(C)(C)C4=CC5C=CC=C4)cc3)ccc21. The molecule has 0 saturated heterocycles. The Balaban J connectivity index is 1.12. The van der Waals surface area contributed by atoms with E-state index in [-0.39, 0.29) is 5.41 Å². The van der Waals surface area contributed by atoms with Crippen molar-refractivity contribution in [2.24, 2.45) is 5.92 Å². The Bertz CT molecular complexity index is 2380. The van der Waals surface area contributed by atoms with Crippen LogP contribution in [-0.4, -0.2) is 4.57 Å². The van der Waals surface area contributed by atoms with Gasteiger partial charge >= 0.3 is 0 Å². The number of benzene rings is 5. The lowest BCUT2D eigenvalue weighted by molar-refractivity contribution is 0.510. The fraction of sp³-hybridized carbons (Fsp3) is 0.149. The Morgan fingerprint density at radius 2 is 1.29 bits per heavy atom. The predicted octanol–water partition coefficient (Wildman–Crippen LogP) is 12.7. The third-order valence-corrected chi connectivity index (χ3v) is 11.0. The van der Waals surface area contributed by atoms with Gasteiger partial charge in [0.25, 0.3) is 0 Å². The summed E-state index contributed by atoms with van der Waals surface area (Å²) in [6.07, 6.45) is 20.4. The second-order valence-electron chi connectivity index (χ2n) is 14.2. The van der Waals surface area contributed by atoms with Gasteiger partial charge in [-0.3, -0.25) is 0 Å². The lowest BCUT2D eigenvalue weighted by atomic mass is 9.68. The van der Waals surface area contributed by atoms with Crippen LogP contribution in [0.25, 0.3) is 32.9 Å². The Hall–Kier alpha value is -5.60. The maximum Gasteiger partial charge on any atom is 0.0585 e. The van der Waals surface area contributed by atoms with E-state index in [0.29, 0.717) is 17.9 Å². The molecule has 0 aliphatic heterocycles. The number of allylic oxidation sites excluding steroid dienone is 10. The highest BCUT2D eigenvalue weighted by atomic mass is 15.1. The van der Waals surface area contributed by atoms with E-state index in [1.54, 1.807) is 0 Å². The highest BCUT2D eigenvalue weighted by molar-refractivity contribution is 6.09. The van der Waals surface area contributed by atoms with Crippen LogP contribution < -0.4 is 4.90 Å². The van der Waals surface area contributed by atoms with Gasteiger partial charge in [-0.1, -0.05) is 136 Å². The van der Waals surface area contributed by atoms with E-state index < -0.39 is 0 Å². The van der Waals surface area contributed by atoms with Gasteiger partial charge in [-0.05, 0) is 88.3 Å². The monoisotopic (exact) mass is 632 g/mol. The van der Waals surface area contributed by atoms with Crippen LogP contribution in [0.4, 0.5) is 17.1 Å². The van der Waals surface area contributed by atoms with Crippen LogP contribution in [0.2, 0.25) is 0 Å². The molecule has 0 radical (unpaired) electrons. The average molecular weight is 633 g/mol. The number of rotatable bonds is 5. The summed E-state index contributed by atoms with van der Waals surface area (Å²) in [5, 5.41) is 2.61. The normalized spacial score (nSPS) is 20.3. The van der Waals surface area contributed by atoms with Crippen LogP contribution in [0.3, 0.4) is 0 Å². The Morgan fingerprint density at radius 1 is 0.592 bits per heavy atom. The van der Waals surface area contributed by atoms with Gasteiger partial charge in [0, 0.05) is 50.2 Å². The smallest absolute Gasteiger partial charge is 0.0585 e. The maximum atomic E-state index is 2.53. The molecule has 2 nitrogen and oxygen atoms in total. The molecule has 1 heterocycles. The van der Waals surface area contributed by atoms with Crippen molar-refractivity contribution in [1.29, 1.82) is 0 Å². The molecule has 238 valence electrons. The molecule has 2 heteroatoms. The highest BCUT2D eigenvalue weighted by Gasteiger charge is 2.34. The molecule has 0 N–H and O–H groups in total. The summed E-state index contributed by atoms with van der Waals surface area (Å²) in [6.45, 7) is 7.02. The third kappa shape index (κ3) is 4.85. The van der Waals surface area contributed by atoms with Gasteiger partial charge in [-0.2, -0.15) is 0 Å². The van der Waals surface area contributed by atoms with Crippen molar-refractivity contribution >= 4 is 38.9 Å². The molecule has 0 spiro atoms.